The summed E-state index contributed by atoms with van der Waals surface area (Å²) in [5.41, 5.74) is 1.69. The number of carbonyl (C=O) groups excluding carboxylic acids is 2. The van der Waals surface area contributed by atoms with Crippen LogP contribution in [0.5, 0.6) is 0 Å². The van der Waals surface area contributed by atoms with Crippen LogP contribution in [-0.2, 0) is 9.59 Å². The van der Waals surface area contributed by atoms with E-state index < -0.39 is 0 Å². The van der Waals surface area contributed by atoms with Gasteiger partial charge in [0.25, 0.3) is 0 Å². The minimum absolute atomic E-state index is 0.0571. The third-order valence-electron chi connectivity index (χ3n) is 2.91. The van der Waals surface area contributed by atoms with Gasteiger partial charge in [0.1, 0.15) is 0 Å². The first kappa shape index (κ1) is 16.0. The van der Waals surface area contributed by atoms with Gasteiger partial charge in [-0.15, -0.1) is 0 Å². The summed E-state index contributed by atoms with van der Waals surface area (Å²) < 4.78 is 0. The molecular weight excluding hydrogens is 254 g/mol. The molecule has 2 amide bonds. The van der Waals surface area contributed by atoms with Crippen molar-refractivity contribution in [1.29, 1.82) is 0 Å². The molecule has 1 aromatic carbocycles. The average molecular weight is 277 g/mol. The molecule has 110 valence electrons. The maximum Gasteiger partial charge on any atom is 0.221 e. The second-order valence-corrected chi connectivity index (χ2v) is 4.81. The van der Waals surface area contributed by atoms with Gasteiger partial charge in [-0.25, -0.2) is 0 Å². The van der Waals surface area contributed by atoms with E-state index in [-0.39, 0.29) is 17.9 Å². The van der Waals surface area contributed by atoms with Crippen LogP contribution in [0.25, 0.3) is 0 Å². The molecule has 5 heteroatoms. The fourth-order valence-corrected chi connectivity index (χ4v) is 1.64. The normalized spacial score (nSPS) is 11.6. The van der Waals surface area contributed by atoms with Crippen LogP contribution >= 0.6 is 0 Å². The molecule has 1 aromatic rings. The fourth-order valence-electron chi connectivity index (χ4n) is 1.64. The van der Waals surface area contributed by atoms with Crippen molar-refractivity contribution in [3.8, 4) is 0 Å². The van der Waals surface area contributed by atoms with Crippen LogP contribution in [0.4, 0.5) is 11.4 Å². The summed E-state index contributed by atoms with van der Waals surface area (Å²) in [7, 11) is 0. The number of hydrogen-bond donors (Lipinski definition) is 3. The Bertz CT molecular complexity index is 443. The summed E-state index contributed by atoms with van der Waals surface area (Å²) in [6.07, 6.45) is 1.38. The standard InChI is InChI=1S/C15H23N3O2/c1-4-11(2)17-15(20)9-10-16-13-5-7-14(8-6-13)18-12(3)19/h5-8,11,16H,4,9-10H2,1-3H3,(H,17,20)(H,18,19). The van der Waals surface area contributed by atoms with Gasteiger partial charge >= 0.3 is 0 Å². The van der Waals surface area contributed by atoms with Gasteiger partial charge < -0.3 is 16.0 Å². The first-order valence-electron chi connectivity index (χ1n) is 6.92. The predicted octanol–water partition coefficient (Wildman–Crippen LogP) is 2.36. The Kier molecular flexibility index (Phi) is 6.56. The van der Waals surface area contributed by atoms with Crippen molar-refractivity contribution in [2.24, 2.45) is 0 Å². The number of rotatable bonds is 7. The van der Waals surface area contributed by atoms with Crippen molar-refractivity contribution >= 4 is 23.2 Å². The van der Waals surface area contributed by atoms with Crippen LogP contribution in [0.2, 0.25) is 0 Å². The first-order valence-corrected chi connectivity index (χ1v) is 6.92. The number of amides is 2. The van der Waals surface area contributed by atoms with Crippen molar-refractivity contribution in [3.05, 3.63) is 24.3 Å². The van der Waals surface area contributed by atoms with Gasteiger partial charge in [0.05, 0.1) is 0 Å². The molecule has 0 aromatic heterocycles. The molecule has 1 atom stereocenters. The Balaban J connectivity index is 2.31. The topological polar surface area (TPSA) is 70.2 Å². The second-order valence-electron chi connectivity index (χ2n) is 4.81. The third-order valence-corrected chi connectivity index (χ3v) is 2.91. The van der Waals surface area contributed by atoms with E-state index in [4.69, 9.17) is 0 Å². The third kappa shape index (κ3) is 6.22. The highest BCUT2D eigenvalue weighted by atomic mass is 16.2. The van der Waals surface area contributed by atoms with Crippen molar-refractivity contribution in [2.45, 2.75) is 39.7 Å². The molecule has 5 nitrogen and oxygen atoms in total. The van der Waals surface area contributed by atoms with E-state index in [1.807, 2.05) is 38.1 Å². The molecule has 1 rings (SSSR count). The van der Waals surface area contributed by atoms with E-state index in [0.29, 0.717) is 13.0 Å². The van der Waals surface area contributed by atoms with Gasteiger partial charge in [0.15, 0.2) is 0 Å². The molecule has 0 aliphatic carbocycles. The van der Waals surface area contributed by atoms with E-state index in [1.54, 1.807) is 0 Å². The fraction of sp³-hybridized carbons (Fsp3) is 0.467. The molecule has 3 N–H and O–H groups in total. The first-order chi connectivity index (χ1) is 9.51. The lowest BCUT2D eigenvalue weighted by atomic mass is 10.2. The van der Waals surface area contributed by atoms with Crippen LogP contribution in [0.15, 0.2) is 24.3 Å². The van der Waals surface area contributed by atoms with Crippen molar-refractivity contribution in [3.63, 3.8) is 0 Å². The molecule has 0 aliphatic rings. The zero-order valence-corrected chi connectivity index (χ0v) is 12.3. The largest absolute Gasteiger partial charge is 0.385 e. The maximum atomic E-state index is 11.6. The molecule has 0 heterocycles. The highest BCUT2D eigenvalue weighted by Crippen LogP contribution is 2.13. The molecule has 0 aliphatic heterocycles. The van der Waals surface area contributed by atoms with E-state index in [0.717, 1.165) is 17.8 Å². The van der Waals surface area contributed by atoms with Crippen LogP contribution in [-0.4, -0.2) is 24.4 Å². The number of anilines is 2. The van der Waals surface area contributed by atoms with Gasteiger partial charge in [-0.3, -0.25) is 9.59 Å². The van der Waals surface area contributed by atoms with Crippen molar-refractivity contribution in [2.75, 3.05) is 17.2 Å². The Morgan fingerprint density at radius 2 is 1.75 bits per heavy atom. The predicted molar refractivity (Wildman–Crippen MR) is 81.7 cm³/mol. The second kappa shape index (κ2) is 8.19. The average Bonchev–Trinajstić information content (AvgIpc) is 2.40. The minimum atomic E-state index is -0.0903. The molecular formula is C15H23N3O2. The molecule has 0 saturated heterocycles. The van der Waals surface area contributed by atoms with Crippen LogP contribution in [0.3, 0.4) is 0 Å². The Labute approximate surface area is 120 Å². The zero-order valence-electron chi connectivity index (χ0n) is 12.3. The highest BCUT2D eigenvalue weighted by molar-refractivity contribution is 5.88. The van der Waals surface area contributed by atoms with Gasteiger partial charge in [0.2, 0.25) is 11.8 Å². The number of carbonyl (C=O) groups is 2. The van der Waals surface area contributed by atoms with Crippen LogP contribution < -0.4 is 16.0 Å². The van der Waals surface area contributed by atoms with E-state index in [9.17, 15) is 9.59 Å². The molecule has 20 heavy (non-hydrogen) atoms. The molecule has 0 spiro atoms. The summed E-state index contributed by atoms with van der Waals surface area (Å²) in [5, 5.41) is 8.80. The number of nitrogens with one attached hydrogen (secondary N) is 3. The Morgan fingerprint density at radius 3 is 2.30 bits per heavy atom. The van der Waals surface area contributed by atoms with Gasteiger partial charge in [-0.2, -0.15) is 0 Å². The van der Waals surface area contributed by atoms with Gasteiger partial charge in [-0.05, 0) is 37.6 Å². The molecule has 0 bridgehead atoms. The minimum Gasteiger partial charge on any atom is -0.385 e. The van der Waals surface area contributed by atoms with E-state index in [2.05, 4.69) is 16.0 Å². The Morgan fingerprint density at radius 1 is 1.15 bits per heavy atom. The van der Waals surface area contributed by atoms with Gasteiger partial charge in [-0.1, -0.05) is 6.92 Å². The lowest BCUT2D eigenvalue weighted by Gasteiger charge is -2.12. The van der Waals surface area contributed by atoms with Crippen molar-refractivity contribution < 1.29 is 9.59 Å². The summed E-state index contributed by atoms with van der Waals surface area (Å²) in [6.45, 7) is 6.09. The summed E-state index contributed by atoms with van der Waals surface area (Å²) in [6, 6.07) is 7.61. The number of benzene rings is 1. The highest BCUT2D eigenvalue weighted by Gasteiger charge is 2.04. The zero-order chi connectivity index (χ0) is 15.0. The smallest absolute Gasteiger partial charge is 0.221 e. The lowest BCUT2D eigenvalue weighted by Crippen LogP contribution is -2.32. The van der Waals surface area contributed by atoms with Gasteiger partial charge in [0, 0.05) is 37.3 Å². The summed E-state index contributed by atoms with van der Waals surface area (Å²) >= 11 is 0. The molecule has 0 radical (unpaired) electrons. The quantitative estimate of drug-likeness (QED) is 0.716. The van der Waals surface area contributed by atoms with Crippen molar-refractivity contribution in [1.82, 2.24) is 5.32 Å². The number of hydrogen-bond acceptors (Lipinski definition) is 3. The maximum absolute atomic E-state index is 11.6. The monoisotopic (exact) mass is 277 g/mol. The van der Waals surface area contributed by atoms with E-state index in [1.165, 1.54) is 6.92 Å². The molecule has 1 unspecified atom stereocenters. The molecule has 0 fully saturated rings. The summed E-state index contributed by atoms with van der Waals surface area (Å²) in [4.78, 5) is 22.5. The van der Waals surface area contributed by atoms with E-state index >= 15 is 0 Å². The molecule has 0 saturated carbocycles. The summed E-state index contributed by atoms with van der Waals surface area (Å²) in [5.74, 6) is -0.0332. The lowest BCUT2D eigenvalue weighted by molar-refractivity contribution is -0.121. The SMILES string of the molecule is CCC(C)NC(=O)CCNc1ccc(NC(C)=O)cc1. The van der Waals surface area contributed by atoms with Crippen LogP contribution in [0.1, 0.15) is 33.6 Å². The van der Waals surface area contributed by atoms with Crippen LogP contribution in [0, 0.1) is 0 Å². The Hall–Kier alpha value is -2.04.